The molecule has 6 heteroatoms. The lowest BCUT2D eigenvalue weighted by atomic mass is 10.00. The van der Waals surface area contributed by atoms with Crippen LogP contribution in [0.1, 0.15) is 54.3 Å². The Labute approximate surface area is 135 Å². The van der Waals surface area contributed by atoms with E-state index in [-0.39, 0.29) is 11.9 Å². The Kier molecular flexibility index (Phi) is 3.81. The van der Waals surface area contributed by atoms with Crippen LogP contribution in [0.2, 0.25) is 0 Å². The molecule has 120 valence electrons. The van der Waals surface area contributed by atoms with Gasteiger partial charge in [0.1, 0.15) is 6.33 Å². The fourth-order valence-corrected chi connectivity index (χ4v) is 3.34. The summed E-state index contributed by atoms with van der Waals surface area (Å²) in [6.07, 6.45) is 10.9. The summed E-state index contributed by atoms with van der Waals surface area (Å²) in [7, 11) is 0. The Morgan fingerprint density at radius 2 is 2.00 bits per heavy atom. The molecule has 6 nitrogen and oxygen atoms in total. The molecule has 1 aliphatic carbocycles. The highest BCUT2D eigenvalue weighted by molar-refractivity contribution is 5.94. The number of carbonyl (C=O) groups is 1. The topological polar surface area (TPSA) is 63.9 Å². The van der Waals surface area contributed by atoms with Crippen LogP contribution in [-0.2, 0) is 6.54 Å². The molecule has 1 saturated heterocycles. The highest BCUT2D eigenvalue weighted by Gasteiger charge is 2.33. The molecular formula is C17H21N5O. The molecule has 1 saturated carbocycles. The van der Waals surface area contributed by atoms with Crippen molar-refractivity contribution in [2.75, 3.05) is 6.54 Å². The average Bonchev–Trinajstić information content (AvgIpc) is 3.30. The van der Waals surface area contributed by atoms with Crippen molar-refractivity contribution in [1.29, 1.82) is 0 Å². The van der Waals surface area contributed by atoms with Crippen molar-refractivity contribution in [3.05, 3.63) is 42.2 Å². The maximum Gasteiger partial charge on any atom is 0.254 e. The van der Waals surface area contributed by atoms with Crippen molar-refractivity contribution in [3.63, 3.8) is 0 Å². The van der Waals surface area contributed by atoms with Crippen LogP contribution in [0.25, 0.3) is 0 Å². The molecular weight excluding hydrogens is 290 g/mol. The van der Waals surface area contributed by atoms with Crippen molar-refractivity contribution in [1.82, 2.24) is 24.6 Å². The number of nitrogens with zero attached hydrogens (tertiary/aromatic N) is 5. The van der Waals surface area contributed by atoms with Crippen LogP contribution >= 0.6 is 0 Å². The minimum Gasteiger partial charge on any atom is -0.328 e. The molecule has 0 radical (unpaired) electrons. The zero-order chi connectivity index (χ0) is 15.6. The van der Waals surface area contributed by atoms with Gasteiger partial charge in [-0.15, -0.1) is 10.2 Å². The molecule has 4 rings (SSSR count). The summed E-state index contributed by atoms with van der Waals surface area (Å²) >= 11 is 0. The molecule has 1 amide bonds. The zero-order valence-corrected chi connectivity index (χ0v) is 13.1. The van der Waals surface area contributed by atoms with Gasteiger partial charge in [0.05, 0.1) is 6.04 Å². The maximum absolute atomic E-state index is 12.9. The van der Waals surface area contributed by atoms with Crippen LogP contribution in [-0.4, -0.2) is 37.1 Å². The first-order chi connectivity index (χ1) is 11.3. The lowest BCUT2D eigenvalue weighted by molar-refractivity contribution is 0.0594. The number of piperidine rings is 1. The van der Waals surface area contributed by atoms with Gasteiger partial charge in [-0.25, -0.2) is 0 Å². The number of carbonyl (C=O) groups excluding carboxylic acids is 1. The van der Waals surface area contributed by atoms with Crippen molar-refractivity contribution in [2.24, 2.45) is 5.92 Å². The van der Waals surface area contributed by atoms with E-state index in [2.05, 4.69) is 19.7 Å². The molecule has 3 heterocycles. The summed E-state index contributed by atoms with van der Waals surface area (Å²) in [5.74, 6) is 1.77. The molecule has 0 spiro atoms. The third-order valence-corrected chi connectivity index (χ3v) is 4.79. The van der Waals surface area contributed by atoms with E-state index in [4.69, 9.17) is 0 Å². The van der Waals surface area contributed by atoms with Crippen LogP contribution in [0.5, 0.6) is 0 Å². The fraction of sp³-hybridized carbons (Fsp3) is 0.529. The number of hydrogen-bond acceptors (Lipinski definition) is 4. The maximum atomic E-state index is 12.9. The van der Waals surface area contributed by atoms with E-state index in [9.17, 15) is 4.79 Å². The average molecular weight is 311 g/mol. The minimum atomic E-state index is 0.0330. The first-order valence-electron chi connectivity index (χ1n) is 8.41. The Morgan fingerprint density at radius 1 is 1.17 bits per heavy atom. The van der Waals surface area contributed by atoms with Crippen molar-refractivity contribution >= 4 is 5.91 Å². The lowest BCUT2D eigenvalue weighted by Gasteiger charge is -2.35. The molecule has 2 aromatic rings. The van der Waals surface area contributed by atoms with E-state index in [0.29, 0.717) is 5.56 Å². The highest BCUT2D eigenvalue weighted by Crippen LogP contribution is 2.34. The molecule has 23 heavy (non-hydrogen) atoms. The monoisotopic (exact) mass is 311 g/mol. The second kappa shape index (κ2) is 6.10. The molecule has 2 aromatic heterocycles. The third kappa shape index (κ3) is 2.98. The molecule has 1 unspecified atom stereocenters. The van der Waals surface area contributed by atoms with Gasteiger partial charge in [0, 0.05) is 31.0 Å². The largest absolute Gasteiger partial charge is 0.328 e. The highest BCUT2D eigenvalue weighted by atomic mass is 16.2. The number of amides is 1. The van der Waals surface area contributed by atoms with E-state index in [1.54, 1.807) is 24.5 Å². The Morgan fingerprint density at radius 3 is 2.78 bits per heavy atom. The molecule has 0 bridgehead atoms. The van der Waals surface area contributed by atoms with Gasteiger partial charge in [0.25, 0.3) is 5.91 Å². The molecule has 0 N–H and O–H groups in total. The summed E-state index contributed by atoms with van der Waals surface area (Å²) in [4.78, 5) is 18.9. The smallest absolute Gasteiger partial charge is 0.254 e. The SMILES string of the molecule is O=C(c1ccncc1)N1CCCCC1c1nncn1CC1CC1. The summed E-state index contributed by atoms with van der Waals surface area (Å²) in [6, 6.07) is 3.59. The Balaban J connectivity index is 1.60. The minimum absolute atomic E-state index is 0.0330. The normalized spacial score (nSPS) is 21.4. The number of pyridine rings is 1. The molecule has 2 fully saturated rings. The van der Waals surface area contributed by atoms with Gasteiger partial charge in [0.15, 0.2) is 5.82 Å². The first-order valence-corrected chi connectivity index (χ1v) is 8.41. The quantitative estimate of drug-likeness (QED) is 0.870. The van der Waals surface area contributed by atoms with E-state index in [1.165, 1.54) is 12.8 Å². The standard InChI is InChI=1S/C17H21N5O/c23-17(14-6-8-18-9-7-14)22-10-2-1-3-15(22)16-20-19-12-21(16)11-13-4-5-13/h6-9,12-13,15H,1-5,10-11H2. The molecule has 1 aliphatic heterocycles. The predicted octanol–water partition coefficient (Wildman–Crippen LogP) is 2.45. The summed E-state index contributed by atoms with van der Waals surface area (Å²) in [5.41, 5.74) is 0.695. The number of aromatic nitrogens is 4. The Hall–Kier alpha value is -2.24. The third-order valence-electron chi connectivity index (χ3n) is 4.79. The van der Waals surface area contributed by atoms with Gasteiger partial charge in [-0.1, -0.05) is 0 Å². The van der Waals surface area contributed by atoms with Crippen molar-refractivity contribution in [2.45, 2.75) is 44.7 Å². The van der Waals surface area contributed by atoms with E-state index in [0.717, 1.165) is 44.1 Å². The molecule has 2 aliphatic rings. The van der Waals surface area contributed by atoms with Crippen LogP contribution in [0.15, 0.2) is 30.9 Å². The van der Waals surface area contributed by atoms with Crippen LogP contribution in [0.3, 0.4) is 0 Å². The van der Waals surface area contributed by atoms with Gasteiger partial charge in [-0.2, -0.15) is 0 Å². The van der Waals surface area contributed by atoms with Crippen molar-refractivity contribution in [3.8, 4) is 0 Å². The zero-order valence-electron chi connectivity index (χ0n) is 13.1. The number of rotatable bonds is 4. The number of hydrogen-bond donors (Lipinski definition) is 0. The number of likely N-dealkylation sites (tertiary alicyclic amines) is 1. The second-order valence-electron chi connectivity index (χ2n) is 6.53. The van der Waals surface area contributed by atoms with E-state index < -0.39 is 0 Å². The first kappa shape index (κ1) is 14.4. The molecule has 1 atom stereocenters. The van der Waals surface area contributed by atoms with Crippen LogP contribution < -0.4 is 0 Å². The van der Waals surface area contributed by atoms with Gasteiger partial charge in [0.2, 0.25) is 0 Å². The van der Waals surface area contributed by atoms with E-state index >= 15 is 0 Å². The van der Waals surface area contributed by atoms with Crippen LogP contribution in [0.4, 0.5) is 0 Å². The van der Waals surface area contributed by atoms with Gasteiger partial charge < -0.3 is 9.47 Å². The summed E-state index contributed by atoms with van der Waals surface area (Å²) in [6.45, 7) is 1.76. The van der Waals surface area contributed by atoms with Gasteiger partial charge in [-0.05, 0) is 50.2 Å². The van der Waals surface area contributed by atoms with E-state index in [1.807, 2.05) is 11.2 Å². The van der Waals surface area contributed by atoms with Gasteiger partial charge >= 0.3 is 0 Å². The van der Waals surface area contributed by atoms with Crippen molar-refractivity contribution < 1.29 is 4.79 Å². The summed E-state index contributed by atoms with van der Waals surface area (Å²) < 4.78 is 2.15. The predicted molar refractivity (Wildman–Crippen MR) is 84.6 cm³/mol. The van der Waals surface area contributed by atoms with Crippen LogP contribution in [0, 0.1) is 5.92 Å². The Bertz CT molecular complexity index is 679. The second-order valence-corrected chi connectivity index (χ2v) is 6.53. The van der Waals surface area contributed by atoms with Gasteiger partial charge in [-0.3, -0.25) is 9.78 Å². The molecule has 0 aromatic carbocycles. The summed E-state index contributed by atoms with van der Waals surface area (Å²) in [5, 5.41) is 8.46. The fourth-order valence-electron chi connectivity index (χ4n) is 3.34. The lowest BCUT2D eigenvalue weighted by Crippen LogP contribution is -2.39.